The van der Waals surface area contributed by atoms with Gasteiger partial charge in [-0.3, -0.25) is 4.79 Å². The summed E-state index contributed by atoms with van der Waals surface area (Å²) in [6, 6.07) is 5.00. The average molecular weight is 181 g/mol. The summed E-state index contributed by atoms with van der Waals surface area (Å²) in [5, 5.41) is 8.67. The molecular weight excluding hydrogens is 166 g/mol. The van der Waals surface area contributed by atoms with E-state index in [2.05, 4.69) is 4.98 Å². The molecular formula is C10H15NO2. The summed E-state index contributed by atoms with van der Waals surface area (Å²) in [5.74, 6) is -0.0831. The second kappa shape index (κ2) is 6.31. The Balaban J connectivity index is 0.000000671. The summed E-state index contributed by atoms with van der Waals surface area (Å²) in [6.45, 7) is 5.32. The Labute approximate surface area is 78.4 Å². The van der Waals surface area contributed by atoms with Crippen LogP contribution in [0.1, 0.15) is 37.0 Å². The van der Waals surface area contributed by atoms with Crippen LogP contribution in [0.2, 0.25) is 0 Å². The minimum atomic E-state index is -0.124. The van der Waals surface area contributed by atoms with Crippen molar-refractivity contribution in [2.75, 3.05) is 0 Å². The molecule has 1 aromatic rings. The van der Waals surface area contributed by atoms with Crippen molar-refractivity contribution in [3.8, 4) is 0 Å². The van der Waals surface area contributed by atoms with Gasteiger partial charge in [-0.2, -0.15) is 0 Å². The highest BCUT2D eigenvalue weighted by molar-refractivity contribution is 5.92. The van der Waals surface area contributed by atoms with Crippen molar-refractivity contribution in [3.63, 3.8) is 0 Å². The van der Waals surface area contributed by atoms with Gasteiger partial charge in [-0.1, -0.05) is 19.9 Å². The van der Waals surface area contributed by atoms with E-state index in [0.29, 0.717) is 11.4 Å². The van der Waals surface area contributed by atoms with Gasteiger partial charge < -0.3 is 5.11 Å². The maximum absolute atomic E-state index is 10.8. The molecule has 1 rings (SSSR count). The predicted octanol–water partition coefficient (Wildman–Crippen LogP) is 1.80. The molecule has 3 heteroatoms. The zero-order valence-corrected chi connectivity index (χ0v) is 8.24. The molecule has 3 nitrogen and oxygen atoms in total. The smallest absolute Gasteiger partial charge is 0.178 e. The van der Waals surface area contributed by atoms with Crippen LogP contribution in [0.3, 0.4) is 0 Å². The summed E-state index contributed by atoms with van der Waals surface area (Å²) in [5.41, 5.74) is 0.925. The number of carbonyl (C=O) groups excluding carboxylic acids is 1. The van der Waals surface area contributed by atoms with Gasteiger partial charge in [0, 0.05) is 6.92 Å². The number of aliphatic hydroxyl groups is 1. The lowest BCUT2D eigenvalue weighted by Crippen LogP contribution is -1.99. The number of rotatable bonds is 2. The SMILES string of the molecule is CC.CC(=O)c1cccc(CO)n1. The van der Waals surface area contributed by atoms with E-state index in [0.717, 1.165) is 0 Å². The molecule has 1 N–H and O–H groups in total. The van der Waals surface area contributed by atoms with Gasteiger partial charge >= 0.3 is 0 Å². The van der Waals surface area contributed by atoms with Crippen LogP contribution in [0.25, 0.3) is 0 Å². The monoisotopic (exact) mass is 181 g/mol. The maximum atomic E-state index is 10.8. The van der Waals surface area contributed by atoms with E-state index < -0.39 is 0 Å². The van der Waals surface area contributed by atoms with Crippen molar-refractivity contribution in [3.05, 3.63) is 29.6 Å². The molecule has 0 amide bonds. The van der Waals surface area contributed by atoms with Gasteiger partial charge in [0.1, 0.15) is 5.69 Å². The van der Waals surface area contributed by atoms with Gasteiger partial charge in [0.25, 0.3) is 0 Å². The molecule has 13 heavy (non-hydrogen) atoms. The topological polar surface area (TPSA) is 50.2 Å². The van der Waals surface area contributed by atoms with E-state index in [4.69, 9.17) is 5.11 Å². The van der Waals surface area contributed by atoms with Gasteiger partial charge in [-0.25, -0.2) is 4.98 Å². The lowest BCUT2D eigenvalue weighted by Gasteiger charge is -1.96. The van der Waals surface area contributed by atoms with Crippen molar-refractivity contribution in [2.24, 2.45) is 0 Å². The van der Waals surface area contributed by atoms with Crippen LogP contribution in [-0.4, -0.2) is 15.9 Å². The molecule has 0 saturated carbocycles. The second-order valence-corrected chi connectivity index (χ2v) is 2.23. The standard InChI is InChI=1S/C8H9NO2.C2H6/c1-6(11)8-4-2-3-7(5-10)9-8;1-2/h2-4,10H,5H2,1H3;1-2H3. The van der Waals surface area contributed by atoms with Crippen molar-refractivity contribution < 1.29 is 9.90 Å². The Morgan fingerprint density at radius 1 is 1.46 bits per heavy atom. The van der Waals surface area contributed by atoms with E-state index in [1.165, 1.54) is 6.92 Å². The van der Waals surface area contributed by atoms with Crippen molar-refractivity contribution in [2.45, 2.75) is 27.4 Å². The average Bonchev–Trinajstić information content (AvgIpc) is 2.21. The third-order valence-corrected chi connectivity index (χ3v) is 1.33. The Bertz CT molecular complexity index is 271. The van der Waals surface area contributed by atoms with Crippen molar-refractivity contribution >= 4 is 5.78 Å². The molecule has 0 atom stereocenters. The van der Waals surface area contributed by atoms with Gasteiger partial charge in [-0.05, 0) is 12.1 Å². The number of aromatic nitrogens is 1. The van der Waals surface area contributed by atoms with Gasteiger partial charge in [-0.15, -0.1) is 0 Å². The first-order valence-corrected chi connectivity index (χ1v) is 4.32. The van der Waals surface area contributed by atoms with E-state index in [-0.39, 0.29) is 12.4 Å². The molecule has 0 spiro atoms. The van der Waals surface area contributed by atoms with E-state index in [1.54, 1.807) is 18.2 Å². The third-order valence-electron chi connectivity index (χ3n) is 1.33. The normalized spacial score (nSPS) is 8.62. The fourth-order valence-electron chi connectivity index (χ4n) is 0.764. The van der Waals surface area contributed by atoms with Crippen LogP contribution < -0.4 is 0 Å². The van der Waals surface area contributed by atoms with E-state index in [1.807, 2.05) is 13.8 Å². The number of Topliss-reactive ketones (excluding diaryl/α,β-unsaturated/α-hetero) is 1. The number of ketones is 1. The largest absolute Gasteiger partial charge is 0.390 e. The van der Waals surface area contributed by atoms with E-state index in [9.17, 15) is 4.79 Å². The quantitative estimate of drug-likeness (QED) is 0.708. The van der Waals surface area contributed by atoms with Crippen LogP contribution in [0, 0.1) is 0 Å². The predicted molar refractivity (Wildman–Crippen MR) is 51.5 cm³/mol. The van der Waals surface area contributed by atoms with Crippen LogP contribution in [0.4, 0.5) is 0 Å². The fourth-order valence-corrected chi connectivity index (χ4v) is 0.764. The van der Waals surface area contributed by atoms with Crippen molar-refractivity contribution in [1.29, 1.82) is 0 Å². The first-order valence-electron chi connectivity index (χ1n) is 4.32. The highest BCUT2D eigenvalue weighted by Gasteiger charge is 2.00. The first-order chi connectivity index (χ1) is 6.24. The Morgan fingerprint density at radius 3 is 2.54 bits per heavy atom. The van der Waals surface area contributed by atoms with Crippen LogP contribution in [0.5, 0.6) is 0 Å². The van der Waals surface area contributed by atoms with Crippen LogP contribution in [-0.2, 0) is 6.61 Å². The number of aliphatic hydroxyl groups excluding tert-OH is 1. The summed E-state index contributed by atoms with van der Waals surface area (Å²) >= 11 is 0. The fraction of sp³-hybridized carbons (Fsp3) is 0.400. The number of nitrogens with zero attached hydrogens (tertiary/aromatic N) is 1. The number of hydrogen-bond acceptors (Lipinski definition) is 3. The summed E-state index contributed by atoms with van der Waals surface area (Å²) in [7, 11) is 0. The zero-order chi connectivity index (χ0) is 10.3. The van der Waals surface area contributed by atoms with Crippen LogP contribution >= 0.6 is 0 Å². The van der Waals surface area contributed by atoms with Gasteiger partial charge in [0.05, 0.1) is 12.3 Å². The Hall–Kier alpha value is -1.22. The molecule has 0 aliphatic carbocycles. The van der Waals surface area contributed by atoms with Crippen molar-refractivity contribution in [1.82, 2.24) is 4.98 Å². The molecule has 0 aromatic carbocycles. The summed E-state index contributed by atoms with van der Waals surface area (Å²) in [6.07, 6.45) is 0. The molecule has 1 heterocycles. The molecule has 0 fully saturated rings. The first kappa shape index (κ1) is 11.8. The molecule has 0 saturated heterocycles. The zero-order valence-electron chi connectivity index (χ0n) is 8.24. The molecule has 0 aliphatic heterocycles. The minimum absolute atomic E-state index is 0.0831. The van der Waals surface area contributed by atoms with Gasteiger partial charge in [0.15, 0.2) is 5.78 Å². The Morgan fingerprint density at radius 2 is 2.08 bits per heavy atom. The summed E-state index contributed by atoms with van der Waals surface area (Å²) < 4.78 is 0. The molecule has 0 unspecified atom stereocenters. The highest BCUT2D eigenvalue weighted by atomic mass is 16.3. The molecule has 1 aromatic heterocycles. The van der Waals surface area contributed by atoms with E-state index >= 15 is 0 Å². The Kier molecular flexibility index (Phi) is 5.72. The van der Waals surface area contributed by atoms with Gasteiger partial charge in [0.2, 0.25) is 0 Å². The molecule has 0 aliphatic rings. The molecule has 0 radical (unpaired) electrons. The maximum Gasteiger partial charge on any atom is 0.178 e. The number of pyridine rings is 1. The number of hydrogen-bond donors (Lipinski definition) is 1. The molecule has 72 valence electrons. The third kappa shape index (κ3) is 3.80. The van der Waals surface area contributed by atoms with Crippen LogP contribution in [0.15, 0.2) is 18.2 Å². The minimum Gasteiger partial charge on any atom is -0.390 e. The highest BCUT2D eigenvalue weighted by Crippen LogP contribution is 1.99. The second-order valence-electron chi connectivity index (χ2n) is 2.23. The number of carbonyl (C=O) groups is 1. The lowest BCUT2D eigenvalue weighted by molar-refractivity contribution is 0.101. The molecule has 0 bridgehead atoms. The lowest BCUT2D eigenvalue weighted by atomic mass is 10.2. The summed E-state index contributed by atoms with van der Waals surface area (Å²) in [4.78, 5) is 14.7.